The Morgan fingerprint density at radius 3 is 2.65 bits per heavy atom. The summed E-state index contributed by atoms with van der Waals surface area (Å²) in [4.78, 5) is 15.3. The molecule has 2 aromatic carbocycles. The summed E-state index contributed by atoms with van der Waals surface area (Å²) in [5.74, 6) is -0.199. The lowest BCUT2D eigenvalue weighted by molar-refractivity contribution is 0.0986. The monoisotopic (exact) mass is 348 g/mol. The molecule has 0 N–H and O–H groups in total. The van der Waals surface area contributed by atoms with Crippen molar-refractivity contribution in [1.82, 2.24) is 4.57 Å². The molecule has 132 valence electrons. The molecule has 0 unspecified atom stereocenters. The van der Waals surface area contributed by atoms with E-state index in [1.807, 2.05) is 53.0 Å². The van der Waals surface area contributed by atoms with Gasteiger partial charge in [-0.25, -0.2) is 4.39 Å². The number of nitrogens with zero attached hydrogens (tertiary/aromatic N) is 2. The van der Waals surface area contributed by atoms with E-state index in [0.29, 0.717) is 12.1 Å². The third kappa shape index (κ3) is 2.02. The van der Waals surface area contributed by atoms with Crippen molar-refractivity contribution in [2.75, 3.05) is 11.4 Å². The van der Waals surface area contributed by atoms with Crippen LogP contribution < -0.4 is 4.90 Å². The van der Waals surface area contributed by atoms with Crippen molar-refractivity contribution >= 4 is 22.5 Å². The molecule has 1 aromatic heterocycles. The van der Waals surface area contributed by atoms with Crippen molar-refractivity contribution in [2.45, 2.75) is 31.1 Å². The van der Waals surface area contributed by atoms with Crippen molar-refractivity contribution in [3.05, 3.63) is 65.6 Å². The molecule has 1 aliphatic heterocycles. The summed E-state index contributed by atoms with van der Waals surface area (Å²) >= 11 is 0. The third-order valence-electron chi connectivity index (χ3n) is 6.24. The number of carbonyl (C=O) groups is 1. The SMILES string of the molecule is Cn1ccc2c(C(=O)N3CC4(CCCC4)c4c(F)cccc43)cccc21. The predicted octanol–water partition coefficient (Wildman–Crippen LogP) is 4.79. The number of hydrogen-bond donors (Lipinski definition) is 0. The summed E-state index contributed by atoms with van der Waals surface area (Å²) in [7, 11) is 1.98. The molecular weight excluding hydrogens is 327 g/mol. The van der Waals surface area contributed by atoms with Crippen LogP contribution in [0.1, 0.15) is 41.6 Å². The van der Waals surface area contributed by atoms with Gasteiger partial charge in [0.15, 0.2) is 0 Å². The number of benzene rings is 2. The van der Waals surface area contributed by atoms with E-state index in [1.54, 1.807) is 6.07 Å². The van der Waals surface area contributed by atoms with E-state index in [1.165, 1.54) is 6.07 Å². The zero-order valence-electron chi connectivity index (χ0n) is 14.8. The fraction of sp³-hybridized carbons (Fsp3) is 0.318. The highest BCUT2D eigenvalue weighted by Gasteiger charge is 2.48. The summed E-state index contributed by atoms with van der Waals surface area (Å²) in [6, 6.07) is 12.9. The number of amides is 1. The van der Waals surface area contributed by atoms with Crippen LogP contribution in [0.2, 0.25) is 0 Å². The first-order valence-corrected chi connectivity index (χ1v) is 9.26. The molecule has 0 radical (unpaired) electrons. The molecule has 2 aliphatic rings. The Balaban J connectivity index is 1.65. The number of hydrogen-bond acceptors (Lipinski definition) is 1. The second-order valence-electron chi connectivity index (χ2n) is 7.68. The van der Waals surface area contributed by atoms with Gasteiger partial charge < -0.3 is 9.47 Å². The largest absolute Gasteiger partial charge is 0.351 e. The number of halogens is 1. The van der Waals surface area contributed by atoms with Gasteiger partial charge in [-0.2, -0.15) is 0 Å². The Hall–Kier alpha value is -2.62. The van der Waals surface area contributed by atoms with Gasteiger partial charge >= 0.3 is 0 Å². The molecule has 1 fully saturated rings. The molecule has 1 saturated carbocycles. The number of aromatic nitrogens is 1. The summed E-state index contributed by atoms with van der Waals surface area (Å²) in [5.41, 5.74) is 3.02. The van der Waals surface area contributed by atoms with Crippen molar-refractivity contribution in [3.8, 4) is 0 Å². The lowest BCUT2D eigenvalue weighted by Crippen LogP contribution is -2.35. The number of anilines is 1. The Labute approximate surface area is 152 Å². The van der Waals surface area contributed by atoms with Gasteiger partial charge in [0.2, 0.25) is 0 Å². The summed E-state index contributed by atoms with van der Waals surface area (Å²) in [6.45, 7) is 0.589. The Morgan fingerprint density at radius 1 is 1.08 bits per heavy atom. The zero-order valence-corrected chi connectivity index (χ0v) is 14.8. The summed E-state index contributed by atoms with van der Waals surface area (Å²) in [5, 5.41) is 0.949. The molecule has 3 nitrogen and oxygen atoms in total. The van der Waals surface area contributed by atoms with Gasteiger partial charge in [-0.1, -0.05) is 25.0 Å². The number of fused-ring (bicyclic) bond motifs is 3. The number of carbonyl (C=O) groups excluding carboxylic acids is 1. The molecule has 2 heterocycles. The average Bonchev–Trinajstić information content (AvgIpc) is 3.35. The first kappa shape index (κ1) is 15.6. The van der Waals surface area contributed by atoms with Crippen molar-refractivity contribution in [2.24, 2.45) is 7.05 Å². The minimum absolute atomic E-state index is 0.0302. The smallest absolute Gasteiger partial charge is 0.258 e. The molecule has 26 heavy (non-hydrogen) atoms. The second kappa shape index (κ2) is 5.44. The average molecular weight is 348 g/mol. The van der Waals surface area contributed by atoms with Gasteiger partial charge in [0.1, 0.15) is 5.82 Å². The molecular formula is C22H21FN2O. The van der Waals surface area contributed by atoms with E-state index in [2.05, 4.69) is 0 Å². The Kier molecular flexibility index (Phi) is 3.27. The Morgan fingerprint density at radius 2 is 1.85 bits per heavy atom. The van der Waals surface area contributed by atoms with Crippen LogP contribution in [0.3, 0.4) is 0 Å². The molecule has 0 atom stereocenters. The quantitative estimate of drug-likeness (QED) is 0.621. The Bertz CT molecular complexity index is 1030. The van der Waals surface area contributed by atoms with E-state index in [0.717, 1.165) is 47.8 Å². The highest BCUT2D eigenvalue weighted by molar-refractivity contribution is 6.14. The minimum atomic E-state index is -0.207. The van der Waals surface area contributed by atoms with Crippen LogP contribution in [0.5, 0.6) is 0 Å². The molecule has 1 amide bonds. The molecule has 3 aromatic rings. The molecule has 1 spiro atoms. The first-order chi connectivity index (χ1) is 12.6. The van der Waals surface area contributed by atoms with Crippen LogP contribution in [0.25, 0.3) is 10.9 Å². The summed E-state index contributed by atoms with van der Waals surface area (Å²) < 4.78 is 16.8. The van der Waals surface area contributed by atoms with Crippen LogP contribution in [-0.4, -0.2) is 17.0 Å². The minimum Gasteiger partial charge on any atom is -0.351 e. The van der Waals surface area contributed by atoms with Gasteiger partial charge in [0, 0.05) is 47.2 Å². The normalized spacial score (nSPS) is 18.0. The molecule has 4 heteroatoms. The second-order valence-corrected chi connectivity index (χ2v) is 7.68. The van der Waals surface area contributed by atoms with Crippen molar-refractivity contribution in [1.29, 1.82) is 0 Å². The van der Waals surface area contributed by atoms with Gasteiger partial charge in [0.25, 0.3) is 5.91 Å². The van der Waals surface area contributed by atoms with E-state index in [-0.39, 0.29) is 17.1 Å². The van der Waals surface area contributed by atoms with E-state index in [9.17, 15) is 9.18 Å². The van der Waals surface area contributed by atoms with Crippen molar-refractivity contribution < 1.29 is 9.18 Å². The maximum absolute atomic E-state index is 14.7. The number of aryl methyl sites for hydroxylation is 1. The van der Waals surface area contributed by atoms with Crippen LogP contribution in [0.4, 0.5) is 10.1 Å². The lowest BCUT2D eigenvalue weighted by atomic mass is 9.80. The lowest BCUT2D eigenvalue weighted by Gasteiger charge is -2.25. The van der Waals surface area contributed by atoms with Crippen LogP contribution in [-0.2, 0) is 12.5 Å². The topological polar surface area (TPSA) is 25.2 Å². The highest BCUT2D eigenvalue weighted by atomic mass is 19.1. The maximum atomic E-state index is 14.7. The van der Waals surface area contributed by atoms with Crippen LogP contribution in [0, 0.1) is 5.82 Å². The summed E-state index contributed by atoms with van der Waals surface area (Å²) in [6.07, 6.45) is 6.09. The van der Waals surface area contributed by atoms with E-state index < -0.39 is 0 Å². The molecule has 5 rings (SSSR count). The maximum Gasteiger partial charge on any atom is 0.258 e. The highest BCUT2D eigenvalue weighted by Crippen LogP contribution is 2.51. The van der Waals surface area contributed by atoms with E-state index >= 15 is 0 Å². The van der Waals surface area contributed by atoms with E-state index in [4.69, 9.17) is 0 Å². The zero-order chi connectivity index (χ0) is 17.9. The van der Waals surface area contributed by atoms with Gasteiger partial charge in [-0.05, 0) is 43.2 Å². The fourth-order valence-electron chi connectivity index (χ4n) is 5.00. The van der Waals surface area contributed by atoms with Crippen molar-refractivity contribution in [3.63, 3.8) is 0 Å². The van der Waals surface area contributed by atoms with Crippen LogP contribution >= 0.6 is 0 Å². The van der Waals surface area contributed by atoms with Gasteiger partial charge in [-0.15, -0.1) is 0 Å². The third-order valence-corrected chi connectivity index (χ3v) is 6.24. The van der Waals surface area contributed by atoms with Gasteiger partial charge in [0.05, 0.1) is 5.69 Å². The van der Waals surface area contributed by atoms with Crippen LogP contribution in [0.15, 0.2) is 48.7 Å². The molecule has 0 saturated heterocycles. The molecule has 0 bridgehead atoms. The fourth-order valence-corrected chi connectivity index (χ4v) is 5.00. The molecule has 1 aliphatic carbocycles. The van der Waals surface area contributed by atoms with Gasteiger partial charge in [-0.3, -0.25) is 4.79 Å². The first-order valence-electron chi connectivity index (χ1n) is 9.26. The standard InChI is InChI=1S/C22H21FN2O/c1-24-13-10-15-16(6-4-8-18(15)24)21(26)25-14-22(11-2-3-12-22)20-17(23)7-5-9-19(20)25/h4-10,13H,2-3,11-12,14H2,1H3. The number of rotatable bonds is 1. The predicted molar refractivity (Wildman–Crippen MR) is 101 cm³/mol.